The molecule has 0 aliphatic heterocycles. The van der Waals surface area contributed by atoms with Gasteiger partial charge in [0.05, 0.1) is 16.1 Å². The second-order valence-electron chi connectivity index (χ2n) is 5.84. The van der Waals surface area contributed by atoms with Gasteiger partial charge in [-0.2, -0.15) is 13.2 Å². The van der Waals surface area contributed by atoms with Crippen LogP contribution in [0, 0.1) is 6.92 Å². The number of nitrogens with one attached hydrogen (secondary N) is 1. The fourth-order valence-electron chi connectivity index (χ4n) is 2.62. The van der Waals surface area contributed by atoms with Gasteiger partial charge in [-0.1, -0.05) is 36.4 Å². The quantitative estimate of drug-likeness (QED) is 0.561. The lowest BCUT2D eigenvalue weighted by molar-refractivity contribution is -0.137. The van der Waals surface area contributed by atoms with E-state index in [0.717, 1.165) is 11.6 Å². The minimum atomic E-state index is -4.58. The number of halogens is 3. The van der Waals surface area contributed by atoms with Crippen molar-refractivity contribution in [1.82, 2.24) is 0 Å². The van der Waals surface area contributed by atoms with E-state index in [1.165, 1.54) is 24.3 Å². The van der Waals surface area contributed by atoms with Gasteiger partial charge in [-0.3, -0.25) is 4.72 Å². The maximum Gasteiger partial charge on any atom is 0.417 e. The number of anilines is 1. The third kappa shape index (κ3) is 4.10. The van der Waals surface area contributed by atoms with E-state index in [-0.39, 0.29) is 21.0 Å². The van der Waals surface area contributed by atoms with Gasteiger partial charge < -0.3 is 5.11 Å². The number of benzene rings is 2. The monoisotopic (exact) mass is 425 g/mol. The van der Waals surface area contributed by atoms with Crippen molar-refractivity contribution in [2.24, 2.45) is 0 Å². The van der Waals surface area contributed by atoms with Crippen LogP contribution >= 0.6 is 11.3 Å². The molecule has 0 aliphatic rings. The topological polar surface area (TPSA) is 66.4 Å². The normalized spacial score (nSPS) is 12.6. The van der Waals surface area contributed by atoms with E-state index in [9.17, 15) is 27.3 Å². The Balaban J connectivity index is 2.04. The van der Waals surface area contributed by atoms with Crippen LogP contribution in [0.25, 0.3) is 10.4 Å². The van der Waals surface area contributed by atoms with Crippen LogP contribution in [-0.4, -0.2) is 15.3 Å². The molecule has 3 rings (SSSR count). The van der Waals surface area contributed by atoms with Gasteiger partial charge in [0.2, 0.25) is 0 Å². The smallest absolute Gasteiger partial charge is 0.417 e. The van der Waals surface area contributed by atoms with E-state index in [0.29, 0.717) is 16.2 Å². The predicted octanol–water partition coefficient (Wildman–Crippen LogP) is 5.58. The second kappa shape index (κ2) is 7.76. The van der Waals surface area contributed by atoms with E-state index in [4.69, 9.17) is 0 Å². The van der Waals surface area contributed by atoms with Crippen LogP contribution < -0.4 is 4.72 Å². The number of aromatic carboxylic acids is 1. The van der Waals surface area contributed by atoms with Crippen LogP contribution in [0.4, 0.5) is 18.9 Å². The van der Waals surface area contributed by atoms with Gasteiger partial charge in [-0.05, 0) is 30.7 Å². The zero-order valence-corrected chi connectivity index (χ0v) is 16.0. The molecule has 0 spiro atoms. The van der Waals surface area contributed by atoms with E-state index in [2.05, 4.69) is 4.72 Å². The Hall–Kier alpha value is -2.65. The molecule has 28 heavy (non-hydrogen) atoms. The molecule has 3 aromatic rings. The van der Waals surface area contributed by atoms with Crippen molar-refractivity contribution in [2.75, 3.05) is 4.72 Å². The van der Waals surface area contributed by atoms with Crippen LogP contribution in [0.1, 0.15) is 20.8 Å². The van der Waals surface area contributed by atoms with E-state index in [1.807, 2.05) is 0 Å². The van der Waals surface area contributed by atoms with Gasteiger partial charge in [-0.15, -0.1) is 11.3 Å². The lowest BCUT2D eigenvalue weighted by Gasteiger charge is -2.11. The number of alkyl halides is 3. The molecule has 4 nitrogen and oxygen atoms in total. The Bertz CT molecular complexity index is 1060. The second-order valence-corrected chi connectivity index (χ2v) is 8.07. The molecular weight excluding hydrogens is 411 g/mol. The summed E-state index contributed by atoms with van der Waals surface area (Å²) in [5.74, 6) is -1.31. The minimum absolute atomic E-state index is 0.00561. The number of thiophene rings is 1. The Kier molecular flexibility index (Phi) is 5.57. The molecular formula is C19H14F3NO3S2. The summed E-state index contributed by atoms with van der Waals surface area (Å²) in [4.78, 5) is 11.9. The Morgan fingerprint density at radius 2 is 1.75 bits per heavy atom. The Morgan fingerprint density at radius 1 is 1.11 bits per heavy atom. The van der Waals surface area contributed by atoms with Gasteiger partial charge in [0.15, 0.2) is 11.0 Å². The summed E-state index contributed by atoms with van der Waals surface area (Å²) in [5, 5.41) is 9.44. The maximum absolute atomic E-state index is 13.3. The van der Waals surface area contributed by atoms with Crippen molar-refractivity contribution in [2.45, 2.75) is 18.0 Å². The summed E-state index contributed by atoms with van der Waals surface area (Å²) in [6.45, 7) is 1.76. The molecule has 1 aromatic heterocycles. The lowest BCUT2D eigenvalue weighted by Crippen LogP contribution is -2.08. The van der Waals surface area contributed by atoms with Gasteiger partial charge >= 0.3 is 12.1 Å². The minimum Gasteiger partial charge on any atom is -0.477 e. The molecule has 146 valence electrons. The number of carboxylic acid groups (broad SMARTS) is 1. The molecule has 0 amide bonds. The number of carboxylic acids is 1. The molecule has 0 aliphatic carbocycles. The number of carbonyl (C=O) groups is 1. The summed E-state index contributed by atoms with van der Waals surface area (Å²) in [6.07, 6.45) is -4.58. The van der Waals surface area contributed by atoms with Gasteiger partial charge in [0.1, 0.15) is 4.88 Å². The number of rotatable bonds is 5. The third-order valence-electron chi connectivity index (χ3n) is 3.92. The first-order chi connectivity index (χ1) is 13.2. The molecule has 9 heteroatoms. The van der Waals surface area contributed by atoms with E-state index >= 15 is 0 Å². The van der Waals surface area contributed by atoms with E-state index < -0.39 is 28.7 Å². The summed E-state index contributed by atoms with van der Waals surface area (Å²) in [6, 6.07) is 13.1. The standard InChI is InChI=1S/C19H14F3NO3S2/c1-11-6-2-5-9-16(11)28(26)23-14-10-15(27-17(14)18(24)25)12-7-3-4-8-13(12)19(20,21)22/h2-10,23H,1H3,(H,24,25). The SMILES string of the molecule is Cc1ccccc1S(=O)Nc1cc(-c2ccccc2C(F)(F)F)sc1C(=O)O. The molecule has 0 fully saturated rings. The highest BCUT2D eigenvalue weighted by Gasteiger charge is 2.34. The third-order valence-corrected chi connectivity index (χ3v) is 6.34. The van der Waals surface area contributed by atoms with E-state index in [1.54, 1.807) is 31.2 Å². The maximum atomic E-state index is 13.3. The zero-order valence-electron chi connectivity index (χ0n) is 14.4. The summed E-state index contributed by atoms with van der Waals surface area (Å²) in [7, 11) is -1.77. The average molecular weight is 425 g/mol. The largest absolute Gasteiger partial charge is 0.477 e. The first kappa shape index (κ1) is 20.1. The summed E-state index contributed by atoms with van der Waals surface area (Å²) >= 11 is 0.696. The Labute approximate surface area is 165 Å². The predicted molar refractivity (Wildman–Crippen MR) is 103 cm³/mol. The van der Waals surface area contributed by atoms with Crippen molar-refractivity contribution in [3.05, 3.63) is 70.6 Å². The number of hydrogen-bond donors (Lipinski definition) is 2. The lowest BCUT2D eigenvalue weighted by atomic mass is 10.1. The Morgan fingerprint density at radius 3 is 2.39 bits per heavy atom. The number of aryl methyl sites for hydroxylation is 1. The molecule has 2 aromatic carbocycles. The van der Waals surface area contributed by atoms with Crippen LogP contribution in [0.3, 0.4) is 0 Å². The average Bonchev–Trinajstić information content (AvgIpc) is 3.05. The molecule has 0 bridgehead atoms. The van der Waals surface area contributed by atoms with Gasteiger partial charge in [0, 0.05) is 10.4 Å². The fourth-order valence-corrected chi connectivity index (χ4v) is 4.71. The van der Waals surface area contributed by atoms with Crippen LogP contribution in [-0.2, 0) is 17.2 Å². The van der Waals surface area contributed by atoms with Crippen LogP contribution in [0.15, 0.2) is 59.5 Å². The van der Waals surface area contributed by atoms with Crippen molar-refractivity contribution in [1.29, 1.82) is 0 Å². The number of hydrogen-bond acceptors (Lipinski definition) is 3. The first-order valence-corrected chi connectivity index (χ1v) is 9.93. The van der Waals surface area contributed by atoms with Crippen molar-refractivity contribution in [3.8, 4) is 10.4 Å². The molecule has 1 unspecified atom stereocenters. The van der Waals surface area contributed by atoms with Crippen molar-refractivity contribution >= 4 is 34.0 Å². The van der Waals surface area contributed by atoms with Crippen LogP contribution in [0.5, 0.6) is 0 Å². The highest BCUT2D eigenvalue weighted by molar-refractivity contribution is 7.86. The van der Waals surface area contributed by atoms with Crippen molar-refractivity contribution < 1.29 is 27.3 Å². The molecule has 0 saturated heterocycles. The van der Waals surface area contributed by atoms with Gasteiger partial charge in [0.25, 0.3) is 0 Å². The summed E-state index contributed by atoms with van der Waals surface area (Å²) in [5.41, 5.74) is -0.244. The fraction of sp³-hybridized carbons (Fsp3) is 0.105. The first-order valence-electron chi connectivity index (χ1n) is 7.96. The molecule has 2 N–H and O–H groups in total. The highest BCUT2D eigenvalue weighted by Crippen LogP contribution is 2.42. The zero-order chi connectivity index (χ0) is 20.5. The van der Waals surface area contributed by atoms with Crippen molar-refractivity contribution in [3.63, 3.8) is 0 Å². The van der Waals surface area contributed by atoms with Gasteiger partial charge in [-0.25, -0.2) is 9.00 Å². The molecule has 1 heterocycles. The molecule has 0 saturated carbocycles. The van der Waals surface area contributed by atoms with Crippen LogP contribution in [0.2, 0.25) is 0 Å². The summed E-state index contributed by atoms with van der Waals surface area (Å²) < 4.78 is 55.1. The molecule has 0 radical (unpaired) electrons. The highest BCUT2D eigenvalue weighted by atomic mass is 32.2. The molecule has 1 atom stereocenters.